The number of fused-ring (bicyclic) bond motifs is 5. The largest absolute Gasteiger partial charge is 0.508 e. The number of hydrogen-bond donors (Lipinski definition) is 2. The molecule has 0 aromatic heterocycles. The zero-order valence-corrected chi connectivity index (χ0v) is 20.6. The molecule has 2 N–H and O–H groups in total. The van der Waals surface area contributed by atoms with Crippen molar-refractivity contribution in [2.24, 2.45) is 0 Å². The fourth-order valence-corrected chi connectivity index (χ4v) is 5.34. The van der Waals surface area contributed by atoms with Crippen LogP contribution in [0.5, 0.6) is 34.5 Å². The van der Waals surface area contributed by atoms with Crippen molar-refractivity contribution in [2.75, 3.05) is 27.9 Å². The van der Waals surface area contributed by atoms with Crippen LogP contribution in [-0.2, 0) is 22.4 Å². The van der Waals surface area contributed by atoms with Crippen LogP contribution in [0.15, 0.2) is 36.4 Å². The second-order valence-corrected chi connectivity index (χ2v) is 8.91. The highest BCUT2D eigenvalue weighted by atomic mass is 16.5. The lowest BCUT2D eigenvalue weighted by atomic mass is 9.78. The third-order valence-corrected chi connectivity index (χ3v) is 6.91. The highest BCUT2D eigenvalue weighted by Gasteiger charge is 2.41. The van der Waals surface area contributed by atoms with Crippen LogP contribution < -0.4 is 18.9 Å². The lowest BCUT2D eigenvalue weighted by Crippen LogP contribution is -2.19. The average molecular weight is 493 g/mol. The second kappa shape index (κ2) is 9.18. The molecule has 188 valence electrons. The number of rotatable bonds is 6. The maximum Gasteiger partial charge on any atom is 0.302 e. The molecule has 1 aliphatic carbocycles. The Balaban J connectivity index is 1.69. The van der Waals surface area contributed by atoms with E-state index >= 15 is 0 Å². The molecule has 8 heteroatoms. The van der Waals surface area contributed by atoms with Gasteiger partial charge in [0.15, 0.2) is 11.5 Å². The van der Waals surface area contributed by atoms with E-state index in [0.717, 1.165) is 34.2 Å². The molecule has 8 nitrogen and oxygen atoms in total. The Morgan fingerprint density at radius 1 is 0.972 bits per heavy atom. The minimum absolute atomic E-state index is 0.102. The van der Waals surface area contributed by atoms with Crippen LogP contribution in [0.25, 0.3) is 11.1 Å². The number of hydrogen-bond acceptors (Lipinski definition) is 8. The van der Waals surface area contributed by atoms with Gasteiger partial charge in [-0.2, -0.15) is 0 Å². The van der Waals surface area contributed by atoms with Gasteiger partial charge in [0.25, 0.3) is 0 Å². The standard InChI is InChI=1S/C28H28O8/c1-14(29)35-13-20-26-19-7-5-15-9-17(30)6-8-18(15)25(19)21(32-2)12-22(26)36-28(20)16-10-23(33-3)27(31)24(11-16)34-4/h6,8-12,20,28,30-31H,5,7,13H2,1-4H3. The number of phenols is 2. The summed E-state index contributed by atoms with van der Waals surface area (Å²) in [6, 6.07) is 10.6. The molecule has 5 rings (SSSR count). The topological polar surface area (TPSA) is 104 Å². The van der Waals surface area contributed by atoms with Crippen LogP contribution >= 0.6 is 0 Å². The summed E-state index contributed by atoms with van der Waals surface area (Å²) < 4.78 is 28.5. The lowest BCUT2D eigenvalue weighted by Gasteiger charge is -2.26. The molecule has 0 bridgehead atoms. The van der Waals surface area contributed by atoms with Crippen molar-refractivity contribution in [3.8, 4) is 45.6 Å². The third kappa shape index (κ3) is 3.82. The van der Waals surface area contributed by atoms with E-state index in [9.17, 15) is 15.0 Å². The zero-order valence-electron chi connectivity index (χ0n) is 20.6. The van der Waals surface area contributed by atoms with E-state index in [4.69, 9.17) is 23.7 Å². The smallest absolute Gasteiger partial charge is 0.302 e. The maximum absolute atomic E-state index is 11.8. The van der Waals surface area contributed by atoms with Gasteiger partial charge >= 0.3 is 5.97 Å². The predicted molar refractivity (Wildman–Crippen MR) is 131 cm³/mol. The van der Waals surface area contributed by atoms with E-state index < -0.39 is 6.10 Å². The third-order valence-electron chi connectivity index (χ3n) is 6.91. The quantitative estimate of drug-likeness (QED) is 0.479. The molecule has 2 unspecified atom stereocenters. The summed E-state index contributed by atoms with van der Waals surface area (Å²) in [5, 5.41) is 20.4. The monoisotopic (exact) mass is 492 g/mol. The Hall–Kier alpha value is -4.07. The highest BCUT2D eigenvalue weighted by Crippen LogP contribution is 2.55. The van der Waals surface area contributed by atoms with E-state index in [-0.39, 0.29) is 41.5 Å². The first-order chi connectivity index (χ1) is 17.4. The normalized spacial score (nSPS) is 17.3. The van der Waals surface area contributed by atoms with Gasteiger partial charge in [0.2, 0.25) is 5.75 Å². The van der Waals surface area contributed by atoms with Crippen LogP contribution in [0.2, 0.25) is 0 Å². The minimum atomic E-state index is -0.528. The second-order valence-electron chi connectivity index (χ2n) is 8.91. The predicted octanol–water partition coefficient (Wildman–Crippen LogP) is 4.67. The fourth-order valence-electron chi connectivity index (χ4n) is 5.34. The van der Waals surface area contributed by atoms with Crippen molar-refractivity contribution in [3.63, 3.8) is 0 Å². The molecular formula is C28H28O8. The Morgan fingerprint density at radius 3 is 2.31 bits per heavy atom. The molecule has 36 heavy (non-hydrogen) atoms. The van der Waals surface area contributed by atoms with E-state index in [2.05, 4.69) is 0 Å². The number of aryl methyl sites for hydroxylation is 1. The van der Waals surface area contributed by atoms with Gasteiger partial charge < -0.3 is 33.9 Å². The zero-order chi connectivity index (χ0) is 25.6. The summed E-state index contributed by atoms with van der Waals surface area (Å²) in [7, 11) is 4.56. The lowest BCUT2D eigenvalue weighted by molar-refractivity contribution is -0.141. The molecule has 0 saturated heterocycles. The molecule has 0 fully saturated rings. The van der Waals surface area contributed by atoms with E-state index in [0.29, 0.717) is 23.5 Å². The number of phenolic OH excluding ortho intramolecular Hbond substituents is 2. The number of esters is 1. The van der Waals surface area contributed by atoms with Crippen LogP contribution in [0.1, 0.15) is 41.2 Å². The summed E-state index contributed by atoms with van der Waals surface area (Å²) >= 11 is 0. The Bertz CT molecular complexity index is 1320. The van der Waals surface area contributed by atoms with Crippen LogP contribution in [0, 0.1) is 0 Å². The molecule has 1 aliphatic heterocycles. The first-order valence-corrected chi connectivity index (χ1v) is 11.7. The highest BCUT2D eigenvalue weighted by molar-refractivity contribution is 5.82. The summed E-state index contributed by atoms with van der Waals surface area (Å²) in [5.41, 5.74) is 5.73. The summed E-state index contributed by atoms with van der Waals surface area (Å²) in [5.74, 6) is 1.25. The van der Waals surface area contributed by atoms with Crippen molar-refractivity contribution in [2.45, 2.75) is 31.8 Å². The van der Waals surface area contributed by atoms with Crippen LogP contribution in [-0.4, -0.2) is 44.1 Å². The Morgan fingerprint density at radius 2 is 1.67 bits per heavy atom. The summed E-state index contributed by atoms with van der Waals surface area (Å²) in [6.45, 7) is 1.49. The SMILES string of the molecule is COc1cc(C2Oc3cc(OC)c4c(c3C2COC(C)=O)CCc2cc(O)ccc2-4)cc(OC)c1O. The molecule has 1 heterocycles. The van der Waals surface area contributed by atoms with E-state index in [1.165, 1.54) is 21.1 Å². The number of aromatic hydroxyl groups is 2. The van der Waals surface area contributed by atoms with E-state index in [1.807, 2.05) is 12.1 Å². The summed E-state index contributed by atoms with van der Waals surface area (Å²) in [4.78, 5) is 11.8. The average Bonchev–Trinajstić information content (AvgIpc) is 3.25. The summed E-state index contributed by atoms with van der Waals surface area (Å²) in [6.07, 6.45) is 0.919. The number of methoxy groups -OCH3 is 3. The van der Waals surface area contributed by atoms with Gasteiger partial charge in [0, 0.05) is 29.7 Å². The molecule has 0 radical (unpaired) electrons. The van der Waals surface area contributed by atoms with Crippen LogP contribution in [0.4, 0.5) is 0 Å². The number of ether oxygens (including phenoxy) is 5. The van der Waals surface area contributed by atoms with Crippen molar-refractivity contribution in [3.05, 3.63) is 58.7 Å². The Kier molecular flexibility index (Phi) is 6.04. The molecule has 2 aliphatic rings. The molecule has 2 atom stereocenters. The molecule has 3 aromatic carbocycles. The van der Waals surface area contributed by atoms with Crippen molar-refractivity contribution in [1.82, 2.24) is 0 Å². The number of benzene rings is 3. The van der Waals surface area contributed by atoms with Gasteiger partial charge in [0.05, 0.1) is 27.2 Å². The van der Waals surface area contributed by atoms with Crippen molar-refractivity contribution >= 4 is 5.97 Å². The van der Waals surface area contributed by atoms with Gasteiger partial charge in [-0.25, -0.2) is 0 Å². The molecule has 0 saturated carbocycles. The number of carbonyl (C=O) groups excluding carboxylic acids is 1. The maximum atomic E-state index is 11.8. The van der Waals surface area contributed by atoms with Gasteiger partial charge in [-0.15, -0.1) is 0 Å². The van der Waals surface area contributed by atoms with Gasteiger partial charge in [-0.05, 0) is 53.8 Å². The van der Waals surface area contributed by atoms with Crippen LogP contribution in [0.3, 0.4) is 0 Å². The van der Waals surface area contributed by atoms with Crippen molar-refractivity contribution in [1.29, 1.82) is 0 Å². The molecular weight excluding hydrogens is 464 g/mol. The van der Waals surface area contributed by atoms with Gasteiger partial charge in [0.1, 0.15) is 30.0 Å². The van der Waals surface area contributed by atoms with Gasteiger partial charge in [-0.3, -0.25) is 4.79 Å². The van der Waals surface area contributed by atoms with Gasteiger partial charge in [-0.1, -0.05) is 6.07 Å². The first kappa shape index (κ1) is 23.7. The van der Waals surface area contributed by atoms with Crippen molar-refractivity contribution < 1.29 is 38.7 Å². The first-order valence-electron chi connectivity index (χ1n) is 11.7. The van der Waals surface area contributed by atoms with E-state index in [1.54, 1.807) is 31.4 Å². The molecule has 0 amide bonds. The Labute approximate surface area is 209 Å². The number of carbonyl (C=O) groups is 1. The fraction of sp³-hybridized carbons (Fsp3) is 0.321. The molecule has 0 spiro atoms. The minimum Gasteiger partial charge on any atom is -0.508 e. The molecule has 3 aromatic rings.